The van der Waals surface area contributed by atoms with Crippen LogP contribution in [0.5, 0.6) is 0 Å². The molecule has 28 rings (SSSR count). The fraction of sp³-hybridized carbons (Fsp3) is 0. The minimum Gasteiger partial charge on any atom is -0.456 e. The van der Waals surface area contributed by atoms with Crippen molar-refractivity contribution < 1.29 is 13.3 Å². The Bertz CT molecular complexity index is 9430. The summed E-state index contributed by atoms with van der Waals surface area (Å²) in [5.74, 6) is 0. The van der Waals surface area contributed by atoms with E-state index in [0.29, 0.717) is 0 Å². The van der Waals surface area contributed by atoms with Crippen molar-refractivity contribution in [1.29, 1.82) is 0 Å². The van der Waals surface area contributed by atoms with Gasteiger partial charge in [0.15, 0.2) is 0 Å². The van der Waals surface area contributed by atoms with E-state index in [2.05, 4.69) is 485 Å². The molecule has 3 heteroatoms. The summed E-state index contributed by atoms with van der Waals surface area (Å²) in [6.07, 6.45) is 0. The first-order valence-electron chi connectivity index (χ1n) is 45.7. The van der Waals surface area contributed by atoms with Crippen LogP contribution < -0.4 is 0 Å². The Morgan fingerprint density at radius 1 is 0.0977 bits per heavy atom. The number of fused-ring (bicyclic) bond motifs is 20. The highest BCUT2D eigenvalue weighted by Crippen LogP contribution is 2.51. The summed E-state index contributed by atoms with van der Waals surface area (Å²) in [6.45, 7) is 0. The van der Waals surface area contributed by atoms with E-state index >= 15 is 0 Å². The summed E-state index contributed by atoms with van der Waals surface area (Å²) < 4.78 is 19.3. The lowest BCUT2D eigenvalue weighted by Gasteiger charge is -2.18. The number of hydrogen-bond acceptors (Lipinski definition) is 3. The maximum atomic E-state index is 6.55. The highest BCUT2D eigenvalue weighted by molar-refractivity contribution is 6.26. The van der Waals surface area contributed by atoms with Crippen LogP contribution in [0.1, 0.15) is 0 Å². The second-order valence-electron chi connectivity index (χ2n) is 35.1. The van der Waals surface area contributed by atoms with Crippen molar-refractivity contribution in [3.8, 4) is 100 Å². The van der Waals surface area contributed by atoms with Crippen LogP contribution in [0.15, 0.2) is 499 Å². The van der Waals surface area contributed by atoms with E-state index in [4.69, 9.17) is 13.3 Å². The minimum atomic E-state index is 0.910. The molecule has 0 saturated carbocycles. The fourth-order valence-electron chi connectivity index (χ4n) is 21.3. The maximum Gasteiger partial charge on any atom is 0.143 e. The molecule has 0 fully saturated rings. The minimum absolute atomic E-state index is 0.910. The third kappa shape index (κ3) is 13.2. The molecule has 0 saturated heterocycles. The second-order valence-corrected chi connectivity index (χ2v) is 35.1. The van der Waals surface area contributed by atoms with E-state index in [1.165, 1.54) is 197 Å². The van der Waals surface area contributed by atoms with Gasteiger partial charge in [-0.2, -0.15) is 0 Å². The van der Waals surface area contributed by atoms with Gasteiger partial charge in [-0.25, -0.2) is 0 Å². The van der Waals surface area contributed by atoms with Gasteiger partial charge in [-0.15, -0.1) is 0 Å². The molecule has 0 spiro atoms. The second kappa shape index (κ2) is 31.8. The molecule has 0 atom stereocenters. The SMILES string of the molecule is c1cc(-c2ccc3ccccc3c2)cc(-c2c3ccccc3c(-c3cccc(-c4ccc5oc6cc7ccccc7cc6c5c4)c3)c3ccccc23)c1.c1ccc(-c2c3ccccc3c(-c3ccc4c(c3)oc3c5ccccc5ccc43)c3ccccc23)cc1.c1ccc(-c2c3ccccc3c(-c3cccc(-c4ccc5c(c4)oc4cc6ccccc6cc45)c3)c3ccccc23)cc1. The molecule has 3 nitrogen and oxygen atoms in total. The van der Waals surface area contributed by atoms with Crippen LogP contribution in [0.4, 0.5) is 0 Å². The van der Waals surface area contributed by atoms with Gasteiger partial charge in [-0.05, 0) is 293 Å². The summed E-state index contributed by atoms with van der Waals surface area (Å²) in [6, 6.07) is 175. The maximum absolute atomic E-state index is 6.55. The van der Waals surface area contributed by atoms with Crippen LogP contribution in [0, 0.1) is 0 Å². The lowest BCUT2D eigenvalue weighted by Crippen LogP contribution is -1.91. The Morgan fingerprint density at radius 3 is 0.789 bits per heavy atom. The highest BCUT2D eigenvalue weighted by Gasteiger charge is 2.24. The molecule has 3 heterocycles. The first-order valence-corrected chi connectivity index (χ1v) is 45.7. The number of furan rings is 3. The zero-order valence-corrected chi connectivity index (χ0v) is 72.4. The Balaban J connectivity index is 0.000000106. The predicted octanol–water partition coefficient (Wildman–Crippen LogP) is 37.3. The fourth-order valence-corrected chi connectivity index (χ4v) is 21.3. The van der Waals surface area contributed by atoms with Crippen LogP contribution in [-0.2, 0) is 0 Å². The number of rotatable bonds is 9. The smallest absolute Gasteiger partial charge is 0.143 e. The average Bonchev–Trinajstić information content (AvgIpc) is 1.56. The van der Waals surface area contributed by atoms with Gasteiger partial charge in [0.2, 0.25) is 0 Å². The van der Waals surface area contributed by atoms with Crippen LogP contribution in [0.2, 0.25) is 0 Å². The van der Waals surface area contributed by atoms with E-state index in [1.807, 2.05) is 0 Å². The first-order chi connectivity index (χ1) is 65.9. The van der Waals surface area contributed by atoms with E-state index in [0.717, 1.165) is 76.8 Å². The molecular formula is C130H80O3. The molecule has 0 bridgehead atoms. The summed E-state index contributed by atoms with van der Waals surface area (Å²) >= 11 is 0. The summed E-state index contributed by atoms with van der Waals surface area (Å²) in [5, 5.41) is 31.7. The molecule has 0 unspecified atom stereocenters. The van der Waals surface area contributed by atoms with Crippen molar-refractivity contribution >= 4 is 174 Å². The zero-order chi connectivity index (χ0) is 87.6. The van der Waals surface area contributed by atoms with Crippen molar-refractivity contribution in [3.05, 3.63) is 485 Å². The Morgan fingerprint density at radius 2 is 0.346 bits per heavy atom. The van der Waals surface area contributed by atoms with Gasteiger partial charge in [-0.1, -0.05) is 394 Å². The quantitative estimate of drug-likeness (QED) is 0.135. The molecule has 0 N–H and O–H groups in total. The van der Waals surface area contributed by atoms with E-state index in [9.17, 15) is 0 Å². The van der Waals surface area contributed by atoms with Crippen molar-refractivity contribution in [1.82, 2.24) is 0 Å². The number of benzene rings is 25. The van der Waals surface area contributed by atoms with Crippen molar-refractivity contribution in [2.24, 2.45) is 0 Å². The summed E-state index contributed by atoms with van der Waals surface area (Å²) in [7, 11) is 0. The molecular weight excluding hydrogens is 1610 g/mol. The summed E-state index contributed by atoms with van der Waals surface area (Å²) in [5.41, 5.74) is 27.5. The lowest BCUT2D eigenvalue weighted by molar-refractivity contribution is 0.669. The third-order valence-corrected chi connectivity index (χ3v) is 27.5. The molecule has 0 aliphatic carbocycles. The van der Waals surface area contributed by atoms with Gasteiger partial charge in [0.25, 0.3) is 0 Å². The van der Waals surface area contributed by atoms with Gasteiger partial charge in [0.1, 0.15) is 33.5 Å². The molecule has 0 radical (unpaired) electrons. The molecule has 0 amide bonds. The largest absolute Gasteiger partial charge is 0.456 e. The van der Waals surface area contributed by atoms with Crippen molar-refractivity contribution in [2.75, 3.05) is 0 Å². The van der Waals surface area contributed by atoms with Crippen LogP contribution in [0.25, 0.3) is 274 Å². The topological polar surface area (TPSA) is 39.4 Å². The van der Waals surface area contributed by atoms with Crippen LogP contribution in [0.3, 0.4) is 0 Å². The van der Waals surface area contributed by atoms with Gasteiger partial charge in [0.05, 0.1) is 0 Å². The molecule has 0 aliphatic heterocycles. The standard InChI is InChI=1S/C52H32O.C42H26O.C36H22O/c1-2-12-34-27-39(24-23-33(34)11-1)35-15-9-17-41(28-35)51-43-19-5-7-21-45(43)52(46-22-8-6-20-44(46)51)42-18-10-16-36(29-42)40-25-26-49-47(31-40)48-30-37-13-3-4-14-38(37)32-50(48)53-49;1-2-11-27(12-3-1)41-34-17-6-8-19-36(34)42(37-20-9-7-18-35(37)41)32-16-10-15-28(23-32)31-21-22-33-38-24-29-13-4-5-14-30(29)25-40(38)43-39(33)26-31;1-2-11-24(12-3-1)34-28-14-6-8-16-30(28)35(31-17-9-7-15-29(31)34)25-19-20-27-32-21-18-23-10-4-5-13-26(23)36(32)37-33(27)22-25/h1-32H;1-26H;1-22H. The van der Waals surface area contributed by atoms with Gasteiger partial charge in [0, 0.05) is 37.7 Å². The predicted molar refractivity (Wildman–Crippen MR) is 565 cm³/mol. The Labute approximate surface area is 766 Å². The molecule has 3 aromatic heterocycles. The zero-order valence-electron chi connectivity index (χ0n) is 72.4. The molecule has 0 aliphatic rings. The van der Waals surface area contributed by atoms with Gasteiger partial charge < -0.3 is 13.3 Å². The van der Waals surface area contributed by atoms with Crippen molar-refractivity contribution in [2.45, 2.75) is 0 Å². The Kier molecular flexibility index (Phi) is 18.3. The lowest BCUT2D eigenvalue weighted by atomic mass is 9.85. The molecule has 133 heavy (non-hydrogen) atoms. The van der Waals surface area contributed by atoms with E-state index in [-0.39, 0.29) is 0 Å². The Hall–Kier alpha value is -17.5. The summed E-state index contributed by atoms with van der Waals surface area (Å²) in [4.78, 5) is 0. The average molecular weight is 1690 g/mol. The van der Waals surface area contributed by atoms with Crippen molar-refractivity contribution in [3.63, 3.8) is 0 Å². The van der Waals surface area contributed by atoms with E-state index < -0.39 is 0 Å². The highest BCUT2D eigenvalue weighted by atomic mass is 16.3. The normalized spacial score (nSPS) is 11.8. The monoisotopic (exact) mass is 1690 g/mol. The van der Waals surface area contributed by atoms with Gasteiger partial charge >= 0.3 is 0 Å². The third-order valence-electron chi connectivity index (χ3n) is 27.5. The van der Waals surface area contributed by atoms with E-state index in [1.54, 1.807) is 0 Å². The molecule has 25 aromatic carbocycles. The van der Waals surface area contributed by atoms with Gasteiger partial charge in [-0.3, -0.25) is 0 Å². The van der Waals surface area contributed by atoms with Crippen LogP contribution in [-0.4, -0.2) is 0 Å². The number of hydrogen-bond donors (Lipinski definition) is 0. The molecule has 618 valence electrons. The molecule has 28 aromatic rings. The van der Waals surface area contributed by atoms with Crippen LogP contribution >= 0.6 is 0 Å². The first kappa shape index (κ1) is 76.7.